The molecule has 1 aliphatic rings. The van der Waals surface area contributed by atoms with Gasteiger partial charge < -0.3 is 15.0 Å². The molecule has 1 N–H and O–H groups in total. The Kier molecular flexibility index (Phi) is 6.01. The molecular weight excluding hydrogens is 368 g/mol. The number of benzene rings is 2. The third-order valence-corrected chi connectivity index (χ3v) is 4.86. The molecule has 1 heterocycles. The average Bonchev–Trinajstić information content (AvgIpc) is 3.11. The second-order valence-electron chi connectivity index (χ2n) is 8.12. The van der Waals surface area contributed by atoms with Crippen LogP contribution in [0.25, 0.3) is 0 Å². The largest absolute Gasteiger partial charge is 0.452 e. The Morgan fingerprint density at radius 1 is 1.07 bits per heavy atom. The van der Waals surface area contributed by atoms with E-state index in [1.165, 1.54) is 0 Å². The van der Waals surface area contributed by atoms with Crippen molar-refractivity contribution in [1.82, 2.24) is 0 Å². The zero-order valence-corrected chi connectivity index (χ0v) is 17.0. The summed E-state index contributed by atoms with van der Waals surface area (Å²) < 4.78 is 5.19. The molecule has 2 aromatic carbocycles. The van der Waals surface area contributed by atoms with Crippen LogP contribution in [0.4, 0.5) is 11.4 Å². The van der Waals surface area contributed by atoms with Gasteiger partial charge in [-0.05, 0) is 41.7 Å². The lowest BCUT2D eigenvalue weighted by Gasteiger charge is -2.19. The standard InChI is InChI=1S/C23H26N2O4/c1-23(2,3)16-10-12-17(13-11-16)24-20(26)15-29-22(28)18-7-4-5-8-19(18)25-14-6-9-21(25)27/h4-5,7-8,10-13H,6,9,14-15H2,1-3H3,(H,24,26). The smallest absolute Gasteiger partial charge is 0.340 e. The number of carbonyl (C=O) groups is 3. The zero-order chi connectivity index (χ0) is 21.0. The Balaban J connectivity index is 1.60. The van der Waals surface area contributed by atoms with Crippen molar-refractivity contribution in [3.05, 3.63) is 59.7 Å². The highest BCUT2D eigenvalue weighted by molar-refractivity contribution is 6.04. The van der Waals surface area contributed by atoms with Gasteiger partial charge in [-0.15, -0.1) is 0 Å². The van der Waals surface area contributed by atoms with Gasteiger partial charge in [0.1, 0.15) is 0 Å². The number of esters is 1. The van der Waals surface area contributed by atoms with Crippen LogP contribution in [0, 0.1) is 0 Å². The summed E-state index contributed by atoms with van der Waals surface area (Å²) >= 11 is 0. The maximum Gasteiger partial charge on any atom is 0.340 e. The van der Waals surface area contributed by atoms with E-state index in [1.807, 2.05) is 24.3 Å². The van der Waals surface area contributed by atoms with Gasteiger partial charge in [-0.1, -0.05) is 45.0 Å². The first-order valence-electron chi connectivity index (χ1n) is 9.72. The quantitative estimate of drug-likeness (QED) is 0.780. The van der Waals surface area contributed by atoms with Crippen molar-refractivity contribution in [3.63, 3.8) is 0 Å². The van der Waals surface area contributed by atoms with Crippen molar-refractivity contribution in [2.24, 2.45) is 0 Å². The second-order valence-corrected chi connectivity index (χ2v) is 8.12. The summed E-state index contributed by atoms with van der Waals surface area (Å²) in [6.45, 7) is 6.53. The molecule has 0 aromatic heterocycles. The summed E-state index contributed by atoms with van der Waals surface area (Å²) in [5.41, 5.74) is 2.64. The van der Waals surface area contributed by atoms with E-state index in [2.05, 4.69) is 26.1 Å². The number of amides is 2. The SMILES string of the molecule is CC(C)(C)c1ccc(NC(=O)COC(=O)c2ccccc2N2CCCC2=O)cc1. The van der Waals surface area contributed by atoms with Gasteiger partial charge in [0.05, 0.1) is 11.3 Å². The van der Waals surface area contributed by atoms with Crippen molar-refractivity contribution in [3.8, 4) is 0 Å². The van der Waals surface area contributed by atoms with E-state index in [0.717, 1.165) is 12.0 Å². The minimum absolute atomic E-state index is 0.0123. The van der Waals surface area contributed by atoms with Crippen LogP contribution in [-0.2, 0) is 19.7 Å². The summed E-state index contributed by atoms with van der Waals surface area (Å²) in [7, 11) is 0. The molecule has 1 aliphatic heterocycles. The Bertz CT molecular complexity index is 913. The maximum absolute atomic E-state index is 12.5. The summed E-state index contributed by atoms with van der Waals surface area (Å²) in [6, 6.07) is 14.4. The van der Waals surface area contributed by atoms with Gasteiger partial charge in [0.2, 0.25) is 5.91 Å². The number of rotatable bonds is 5. The lowest BCUT2D eigenvalue weighted by atomic mass is 9.87. The van der Waals surface area contributed by atoms with Crippen LogP contribution in [0.15, 0.2) is 48.5 Å². The van der Waals surface area contributed by atoms with E-state index in [1.54, 1.807) is 29.2 Å². The van der Waals surface area contributed by atoms with Crippen LogP contribution in [0.2, 0.25) is 0 Å². The van der Waals surface area contributed by atoms with Crippen LogP contribution in [0.3, 0.4) is 0 Å². The highest BCUT2D eigenvalue weighted by atomic mass is 16.5. The number of carbonyl (C=O) groups excluding carboxylic acids is 3. The molecule has 0 atom stereocenters. The average molecular weight is 394 g/mol. The summed E-state index contributed by atoms with van der Waals surface area (Å²) in [5, 5.41) is 2.72. The molecule has 0 saturated carbocycles. The van der Waals surface area contributed by atoms with Gasteiger partial charge >= 0.3 is 5.97 Å². The summed E-state index contributed by atoms with van der Waals surface area (Å²) in [5.74, 6) is -1.06. The van der Waals surface area contributed by atoms with Crippen molar-refractivity contribution in [2.45, 2.75) is 39.0 Å². The summed E-state index contributed by atoms with van der Waals surface area (Å²) in [6.07, 6.45) is 1.23. The Morgan fingerprint density at radius 3 is 2.38 bits per heavy atom. The number of nitrogens with zero attached hydrogens (tertiary/aromatic N) is 1. The molecule has 0 aliphatic carbocycles. The fraction of sp³-hybridized carbons (Fsp3) is 0.348. The van der Waals surface area contributed by atoms with Crippen molar-refractivity contribution in [1.29, 1.82) is 0 Å². The second kappa shape index (κ2) is 8.47. The molecule has 29 heavy (non-hydrogen) atoms. The number of ether oxygens (including phenoxy) is 1. The van der Waals surface area contributed by atoms with Crippen LogP contribution < -0.4 is 10.2 Å². The Labute approximate surface area is 170 Å². The van der Waals surface area contributed by atoms with Gasteiger partial charge in [0.15, 0.2) is 6.61 Å². The molecule has 2 amide bonds. The van der Waals surface area contributed by atoms with Gasteiger partial charge in [-0.2, -0.15) is 0 Å². The molecule has 0 bridgehead atoms. The fourth-order valence-corrected chi connectivity index (χ4v) is 3.24. The first-order valence-corrected chi connectivity index (χ1v) is 9.72. The highest BCUT2D eigenvalue weighted by Crippen LogP contribution is 2.26. The number of nitrogens with one attached hydrogen (secondary N) is 1. The molecule has 152 valence electrons. The lowest BCUT2D eigenvalue weighted by Crippen LogP contribution is -2.27. The van der Waals surface area contributed by atoms with Crippen LogP contribution in [0.5, 0.6) is 0 Å². The van der Waals surface area contributed by atoms with Gasteiger partial charge in [0.25, 0.3) is 5.91 Å². The lowest BCUT2D eigenvalue weighted by molar-refractivity contribution is -0.119. The first kappa shape index (κ1) is 20.6. The number of para-hydroxylation sites is 1. The van der Waals surface area contributed by atoms with Crippen molar-refractivity contribution >= 4 is 29.2 Å². The minimum atomic E-state index is -0.626. The van der Waals surface area contributed by atoms with Crippen LogP contribution >= 0.6 is 0 Å². The Hall–Kier alpha value is -3.15. The van der Waals surface area contributed by atoms with E-state index < -0.39 is 18.5 Å². The van der Waals surface area contributed by atoms with Gasteiger partial charge in [-0.3, -0.25) is 9.59 Å². The van der Waals surface area contributed by atoms with E-state index in [-0.39, 0.29) is 16.9 Å². The molecule has 6 heteroatoms. The first-order chi connectivity index (χ1) is 13.8. The van der Waals surface area contributed by atoms with E-state index in [4.69, 9.17) is 4.74 Å². The van der Waals surface area contributed by atoms with Crippen molar-refractivity contribution < 1.29 is 19.1 Å². The molecule has 1 fully saturated rings. The predicted molar refractivity (Wildman–Crippen MR) is 112 cm³/mol. The zero-order valence-electron chi connectivity index (χ0n) is 17.0. The van der Waals surface area contributed by atoms with Gasteiger partial charge in [-0.25, -0.2) is 4.79 Å². The highest BCUT2D eigenvalue weighted by Gasteiger charge is 2.26. The third kappa shape index (κ3) is 5.02. The molecular formula is C23H26N2O4. The number of hydrogen-bond acceptors (Lipinski definition) is 4. The fourth-order valence-electron chi connectivity index (χ4n) is 3.24. The molecule has 0 unspecified atom stereocenters. The Morgan fingerprint density at radius 2 is 1.76 bits per heavy atom. The predicted octanol–water partition coefficient (Wildman–Crippen LogP) is 3.91. The topological polar surface area (TPSA) is 75.7 Å². The monoisotopic (exact) mass is 394 g/mol. The molecule has 1 saturated heterocycles. The normalized spacial score (nSPS) is 14.0. The molecule has 0 spiro atoms. The van der Waals surface area contributed by atoms with Crippen LogP contribution in [0.1, 0.15) is 49.5 Å². The molecule has 2 aromatic rings. The molecule has 3 rings (SSSR count). The number of hydrogen-bond donors (Lipinski definition) is 1. The summed E-state index contributed by atoms with van der Waals surface area (Å²) in [4.78, 5) is 38.3. The van der Waals surface area contributed by atoms with E-state index in [0.29, 0.717) is 24.3 Å². The van der Waals surface area contributed by atoms with Gasteiger partial charge in [0, 0.05) is 18.7 Å². The number of anilines is 2. The van der Waals surface area contributed by atoms with Crippen LogP contribution in [-0.4, -0.2) is 30.9 Å². The van der Waals surface area contributed by atoms with E-state index in [9.17, 15) is 14.4 Å². The molecule has 6 nitrogen and oxygen atoms in total. The van der Waals surface area contributed by atoms with E-state index >= 15 is 0 Å². The maximum atomic E-state index is 12.5. The minimum Gasteiger partial charge on any atom is -0.452 e. The van der Waals surface area contributed by atoms with Crippen molar-refractivity contribution in [2.75, 3.05) is 23.4 Å². The molecule has 0 radical (unpaired) electrons. The third-order valence-electron chi connectivity index (χ3n) is 4.86.